The molecule has 0 aromatic carbocycles. The molecule has 1 radical (unpaired) electrons. The predicted molar refractivity (Wildman–Crippen MR) is 54.2 cm³/mol. The monoisotopic (exact) mass is 161 g/mol. The lowest BCUT2D eigenvalue weighted by molar-refractivity contribution is 1.14. The Balaban J connectivity index is 0.000001000. The molecule has 1 heteroatoms. The van der Waals surface area contributed by atoms with Gasteiger partial charge in [0, 0.05) is 5.92 Å². The van der Waals surface area contributed by atoms with E-state index >= 15 is 0 Å². The summed E-state index contributed by atoms with van der Waals surface area (Å²) in [5, 5.41) is 0. The van der Waals surface area contributed by atoms with E-state index in [0.29, 0.717) is 0 Å². The smallest absolute Gasteiger partial charge is 0.0589 e. The molecule has 0 heterocycles. The number of hydrogen-bond acceptors (Lipinski definition) is 0. The first-order valence-corrected chi connectivity index (χ1v) is 3.75. The summed E-state index contributed by atoms with van der Waals surface area (Å²) in [6, 6.07) is 0. The molecule has 0 aromatic rings. The standard InChI is InChI=1S/C10H15.Mg.2H/c1-6-7(2)9(4)10(5)8(6)3;;;/h1-5H3;;;. The average Bonchev–Trinajstić information content (AvgIpc) is 2.07. The molecule has 0 saturated heterocycles. The first-order valence-electron chi connectivity index (χ1n) is 3.75. The summed E-state index contributed by atoms with van der Waals surface area (Å²) < 4.78 is 0. The Hall–Kier alpha value is 0.246. The summed E-state index contributed by atoms with van der Waals surface area (Å²) in [6.45, 7) is 11.0. The number of rotatable bonds is 0. The van der Waals surface area contributed by atoms with E-state index in [4.69, 9.17) is 0 Å². The van der Waals surface area contributed by atoms with Crippen LogP contribution in [0.2, 0.25) is 0 Å². The molecule has 0 bridgehead atoms. The van der Waals surface area contributed by atoms with Crippen LogP contribution in [0.3, 0.4) is 0 Å². The zero-order valence-electron chi connectivity index (χ0n) is 7.50. The van der Waals surface area contributed by atoms with E-state index in [1.165, 1.54) is 28.2 Å². The summed E-state index contributed by atoms with van der Waals surface area (Å²) >= 11 is 0. The second-order valence-corrected chi connectivity index (χ2v) is 3.12. The van der Waals surface area contributed by atoms with Crippen LogP contribution < -0.4 is 0 Å². The maximum absolute atomic E-state index is 2.20. The van der Waals surface area contributed by atoms with Crippen molar-refractivity contribution in [3.8, 4) is 0 Å². The summed E-state index contributed by atoms with van der Waals surface area (Å²) in [6.07, 6.45) is 0. The van der Waals surface area contributed by atoms with Crippen molar-refractivity contribution in [2.75, 3.05) is 0 Å². The molecule has 1 aliphatic carbocycles. The molecule has 11 heavy (non-hydrogen) atoms. The summed E-state index contributed by atoms with van der Waals surface area (Å²) in [5.74, 6) is 1.47. The maximum Gasteiger partial charge on any atom is 0.316 e. The van der Waals surface area contributed by atoms with Gasteiger partial charge in [-0.05, 0) is 38.8 Å². The quantitative estimate of drug-likeness (QED) is 0.479. The van der Waals surface area contributed by atoms with E-state index in [-0.39, 0.29) is 23.1 Å². The van der Waals surface area contributed by atoms with Gasteiger partial charge in [-0.15, -0.1) is 0 Å². The largest absolute Gasteiger partial charge is 0.316 e. The number of allylic oxidation sites excluding steroid dienone is 4. The van der Waals surface area contributed by atoms with Gasteiger partial charge in [-0.25, -0.2) is 0 Å². The summed E-state index contributed by atoms with van der Waals surface area (Å²) in [4.78, 5) is 0. The molecule has 1 aliphatic rings. The van der Waals surface area contributed by atoms with Crippen molar-refractivity contribution < 1.29 is 0 Å². The highest BCUT2D eigenvalue weighted by molar-refractivity contribution is 5.75. The topological polar surface area (TPSA) is 0 Å². The van der Waals surface area contributed by atoms with Crippen molar-refractivity contribution in [2.45, 2.75) is 34.6 Å². The van der Waals surface area contributed by atoms with E-state index in [9.17, 15) is 0 Å². The second kappa shape index (κ2) is 3.77. The lowest BCUT2D eigenvalue weighted by Gasteiger charge is -2.04. The third-order valence-corrected chi connectivity index (χ3v) is 2.81. The van der Waals surface area contributed by atoms with E-state index in [2.05, 4.69) is 34.6 Å². The molecule has 0 aliphatic heterocycles. The van der Waals surface area contributed by atoms with Gasteiger partial charge in [0.25, 0.3) is 0 Å². The molecule has 0 aromatic heterocycles. The van der Waals surface area contributed by atoms with Crippen LogP contribution in [0.15, 0.2) is 22.3 Å². The molecule has 0 nitrogen and oxygen atoms in total. The van der Waals surface area contributed by atoms with Gasteiger partial charge in [0.05, 0.1) is 0 Å². The maximum atomic E-state index is 2.20. The van der Waals surface area contributed by atoms with Gasteiger partial charge in [0.2, 0.25) is 0 Å². The molecule has 0 N–H and O–H groups in total. The lowest BCUT2D eigenvalue weighted by Crippen LogP contribution is -1.89. The highest BCUT2D eigenvalue weighted by Gasteiger charge is 2.19. The van der Waals surface area contributed by atoms with Crippen LogP contribution in [-0.4, -0.2) is 23.1 Å². The van der Waals surface area contributed by atoms with Crippen molar-refractivity contribution in [3.63, 3.8) is 0 Å². The first-order chi connectivity index (χ1) is 4.55. The van der Waals surface area contributed by atoms with Crippen LogP contribution in [0.25, 0.3) is 0 Å². The highest BCUT2D eigenvalue weighted by atomic mass is 24.3. The first kappa shape index (κ1) is 11.2. The van der Waals surface area contributed by atoms with Crippen LogP contribution in [0.5, 0.6) is 0 Å². The van der Waals surface area contributed by atoms with Crippen molar-refractivity contribution in [1.29, 1.82) is 0 Å². The van der Waals surface area contributed by atoms with Gasteiger partial charge >= 0.3 is 23.1 Å². The molecule has 1 rings (SSSR count). The van der Waals surface area contributed by atoms with Gasteiger partial charge in [-0.1, -0.05) is 18.1 Å². The predicted octanol–water partition coefficient (Wildman–Crippen LogP) is 2.35. The zero-order valence-corrected chi connectivity index (χ0v) is 7.50. The van der Waals surface area contributed by atoms with E-state index in [1.54, 1.807) is 0 Å². The van der Waals surface area contributed by atoms with E-state index < -0.39 is 0 Å². The Bertz CT molecular complexity index is 197. The Morgan fingerprint density at radius 3 is 0.909 bits per heavy atom. The van der Waals surface area contributed by atoms with Crippen LogP contribution in [-0.2, 0) is 0 Å². The van der Waals surface area contributed by atoms with Crippen LogP contribution >= 0.6 is 0 Å². The minimum absolute atomic E-state index is 0. The van der Waals surface area contributed by atoms with E-state index in [0.717, 1.165) is 0 Å². The zero-order chi connectivity index (χ0) is 7.89. The minimum atomic E-state index is 0. The Labute approximate surface area is 85.9 Å². The lowest BCUT2D eigenvalue weighted by atomic mass is 10.00. The fraction of sp³-hybridized carbons (Fsp3) is 0.500. The van der Waals surface area contributed by atoms with Crippen molar-refractivity contribution in [2.24, 2.45) is 0 Å². The van der Waals surface area contributed by atoms with Gasteiger partial charge in [0.1, 0.15) is 0 Å². The Morgan fingerprint density at radius 2 is 0.818 bits per heavy atom. The van der Waals surface area contributed by atoms with E-state index in [1.807, 2.05) is 0 Å². The Kier molecular flexibility index (Phi) is 3.85. The van der Waals surface area contributed by atoms with Crippen molar-refractivity contribution >= 4 is 23.1 Å². The number of hydrogen-bond donors (Lipinski definition) is 0. The summed E-state index contributed by atoms with van der Waals surface area (Å²) in [5.41, 5.74) is 5.87. The van der Waals surface area contributed by atoms with Crippen molar-refractivity contribution in [3.05, 3.63) is 28.2 Å². The third kappa shape index (κ3) is 1.70. The van der Waals surface area contributed by atoms with Crippen LogP contribution in [0.1, 0.15) is 34.6 Å². The van der Waals surface area contributed by atoms with Gasteiger partial charge in [0.15, 0.2) is 0 Å². The average molecular weight is 162 g/mol. The van der Waals surface area contributed by atoms with Crippen LogP contribution in [0, 0.1) is 5.92 Å². The second-order valence-electron chi connectivity index (χ2n) is 3.12. The SMILES string of the molecule is C[C]1C(C)=C(C)C(C)=C1C.[MgH2]. The molecular formula is C10H17Mg. The molecule has 0 spiro atoms. The molecule has 59 valence electrons. The van der Waals surface area contributed by atoms with Gasteiger partial charge in [-0.2, -0.15) is 0 Å². The molecule has 0 amide bonds. The molecule has 0 fully saturated rings. The van der Waals surface area contributed by atoms with Crippen molar-refractivity contribution in [1.82, 2.24) is 0 Å². The molecule has 0 saturated carbocycles. The summed E-state index contributed by atoms with van der Waals surface area (Å²) in [7, 11) is 0. The van der Waals surface area contributed by atoms with Crippen LogP contribution in [0.4, 0.5) is 0 Å². The normalized spacial score (nSPS) is 19.4. The highest BCUT2D eigenvalue weighted by Crippen LogP contribution is 2.37. The molecule has 0 atom stereocenters. The molecular weight excluding hydrogens is 144 g/mol. The fourth-order valence-electron chi connectivity index (χ4n) is 1.41. The molecule has 0 unspecified atom stereocenters. The third-order valence-electron chi connectivity index (χ3n) is 2.81. The van der Waals surface area contributed by atoms with Gasteiger partial charge in [-0.3, -0.25) is 0 Å². The fourth-order valence-corrected chi connectivity index (χ4v) is 1.41. The Morgan fingerprint density at radius 1 is 0.545 bits per heavy atom. The van der Waals surface area contributed by atoms with Gasteiger partial charge < -0.3 is 0 Å². The minimum Gasteiger partial charge on any atom is -0.0589 e.